The molecule has 0 saturated heterocycles. The molecule has 10 nitrogen and oxygen atoms in total. The molecule has 0 atom stereocenters. The van der Waals surface area contributed by atoms with Crippen LogP contribution in [0.2, 0.25) is 0 Å². The number of hydrogen-bond acceptors (Lipinski definition) is 10. The monoisotopic (exact) mass is 1570 g/mol. The molecule has 440 valence electrons. The van der Waals surface area contributed by atoms with Crippen molar-refractivity contribution in [3.63, 3.8) is 0 Å². The Morgan fingerprint density at radius 3 is 0.608 bits per heavy atom. The molecule has 0 aliphatic heterocycles. The third-order valence-electron chi connectivity index (χ3n) is 9.12. The summed E-state index contributed by atoms with van der Waals surface area (Å²) in [5, 5.41) is 4.31. The normalized spacial score (nSPS) is 11.1. The molecule has 0 saturated carbocycles. The molecule has 0 N–H and O–H groups in total. The van der Waals surface area contributed by atoms with E-state index in [-0.39, 0.29) is 30.2 Å². The maximum atomic E-state index is 11.9. The van der Waals surface area contributed by atoms with Crippen LogP contribution in [0.15, 0.2) is 155 Å². The van der Waals surface area contributed by atoms with Gasteiger partial charge in [0.2, 0.25) is 0 Å². The number of halogens is 16. The molecule has 79 heavy (non-hydrogen) atoms. The molecule has 0 aliphatic carbocycles. The van der Waals surface area contributed by atoms with Gasteiger partial charge in [0.15, 0.2) is 23.0 Å². The Hall–Kier alpha value is 0.502. The van der Waals surface area contributed by atoms with Gasteiger partial charge in [-0.25, -0.2) is 16.8 Å². The van der Waals surface area contributed by atoms with E-state index in [1.165, 1.54) is 12.1 Å². The number of rotatable bonds is 16. The fourth-order valence-electron chi connectivity index (χ4n) is 6.06. The SMILES string of the molecule is COc1ccccc1[PH+](c1ccccc1OC)c1ccccc1S(=O)(=O)[O-].COc1ccccc1[PH+](c1ccccc1OC)c1ccccc1S(=O)(=O)[O-].ClC(Cl)C(Cl)Cl.ClC(Cl)C(Cl)Cl.ClC(Cl)C(Cl)Cl.ClC(Cl)C(Cl)Cl.[Pd+2]. The summed E-state index contributed by atoms with van der Waals surface area (Å²) in [6.45, 7) is 0. The molecule has 6 rings (SSSR count). The molecule has 0 bridgehead atoms. The average Bonchev–Trinajstić information content (AvgIpc) is 3.40. The number of ether oxygens (including phenoxy) is 4. The molecule has 0 unspecified atom stereocenters. The zero-order chi connectivity index (χ0) is 59.5. The number of alkyl halides is 16. The molecular weight excluding hydrogens is 1540 g/mol. The van der Waals surface area contributed by atoms with Crippen LogP contribution in [-0.2, 0) is 40.7 Å². The summed E-state index contributed by atoms with van der Waals surface area (Å²) in [6.07, 6.45) is 0. The summed E-state index contributed by atoms with van der Waals surface area (Å²) in [4.78, 5) is -5.81. The van der Waals surface area contributed by atoms with Crippen LogP contribution in [0.25, 0.3) is 0 Å². The second-order valence-electron chi connectivity index (χ2n) is 14.1. The fourth-order valence-corrected chi connectivity index (χ4v) is 14.3. The Bertz CT molecular complexity index is 2580. The first-order valence-corrected chi connectivity index (χ1v) is 33.9. The van der Waals surface area contributed by atoms with E-state index >= 15 is 0 Å². The van der Waals surface area contributed by atoms with Crippen molar-refractivity contribution in [2.75, 3.05) is 28.4 Å². The Balaban J connectivity index is 0.00000108. The van der Waals surface area contributed by atoms with Crippen LogP contribution < -0.4 is 50.8 Å². The summed E-state index contributed by atoms with van der Waals surface area (Å²) >= 11 is 81.8. The van der Waals surface area contributed by atoms with Crippen LogP contribution in [0.4, 0.5) is 0 Å². The minimum atomic E-state index is -4.64. The molecule has 0 radical (unpaired) electrons. The summed E-state index contributed by atoms with van der Waals surface area (Å²) in [5.74, 6) is 2.54. The van der Waals surface area contributed by atoms with Crippen molar-refractivity contribution in [1.82, 2.24) is 0 Å². The van der Waals surface area contributed by atoms with E-state index in [1.54, 1.807) is 64.8 Å². The van der Waals surface area contributed by atoms with E-state index in [9.17, 15) is 25.9 Å². The number of methoxy groups -OCH3 is 4. The third-order valence-corrected chi connectivity index (χ3v) is 23.1. The number of para-hydroxylation sites is 4. The van der Waals surface area contributed by atoms with Gasteiger partial charge in [-0.1, -0.05) is 72.8 Å². The van der Waals surface area contributed by atoms with Crippen LogP contribution in [0.3, 0.4) is 0 Å². The maximum absolute atomic E-state index is 11.9. The predicted octanol–water partition coefficient (Wildman–Crippen LogP) is 14.6. The van der Waals surface area contributed by atoms with Gasteiger partial charge < -0.3 is 28.1 Å². The standard InChI is InChI=1S/2C20H19O5PS.4C2H2Cl4.Pd/c2*1-24-15-9-3-5-11-17(15)26(18-12-6-4-10-16(18)25-2)19-13-7-8-14-20(19)27(21,22)23;4*3-1(4)2(5)6;/h2*3-14H,1-2H3,(H,21,22,23);4*1-2H;/q;;;;;;+2. The van der Waals surface area contributed by atoms with E-state index in [0.717, 1.165) is 21.2 Å². The Morgan fingerprint density at radius 1 is 0.304 bits per heavy atom. The minimum absolute atomic E-state index is 0. The van der Waals surface area contributed by atoms with Crippen LogP contribution >= 0.6 is 201 Å². The predicted molar refractivity (Wildman–Crippen MR) is 339 cm³/mol. The molecule has 0 amide bonds. The van der Waals surface area contributed by atoms with Gasteiger partial charge >= 0.3 is 20.4 Å². The van der Waals surface area contributed by atoms with Gasteiger partial charge in [0, 0.05) is 0 Å². The Labute approximate surface area is 557 Å². The van der Waals surface area contributed by atoms with E-state index in [0.29, 0.717) is 33.6 Å². The molecular formula is C48H46Cl16O10P2PdS2+2. The van der Waals surface area contributed by atoms with Crippen LogP contribution in [0.1, 0.15) is 0 Å². The smallest absolute Gasteiger partial charge is 0.744 e. The van der Waals surface area contributed by atoms with Crippen molar-refractivity contribution >= 4 is 254 Å². The zero-order valence-corrected chi connectivity index (χ0v) is 58.0. The van der Waals surface area contributed by atoms with Crippen LogP contribution in [0, 0.1) is 0 Å². The second-order valence-corrected chi connectivity index (χ2v) is 30.9. The van der Waals surface area contributed by atoms with Gasteiger partial charge in [-0.2, -0.15) is 0 Å². The van der Waals surface area contributed by atoms with Crippen molar-refractivity contribution in [3.05, 3.63) is 146 Å². The average molecular weight is 1580 g/mol. The maximum Gasteiger partial charge on any atom is 2.00 e. The van der Waals surface area contributed by atoms with Crippen molar-refractivity contribution in [2.45, 2.75) is 48.5 Å². The molecule has 6 aromatic carbocycles. The fraction of sp³-hybridized carbons (Fsp3) is 0.250. The number of benzene rings is 6. The first-order chi connectivity index (χ1) is 36.5. The van der Waals surface area contributed by atoms with Crippen molar-refractivity contribution in [2.24, 2.45) is 0 Å². The first kappa shape index (κ1) is 79.5. The molecule has 0 spiro atoms. The van der Waals surface area contributed by atoms with Crippen LogP contribution in [-0.4, -0.2) is 93.1 Å². The first-order valence-electron chi connectivity index (χ1n) is 21.1. The molecule has 0 aliphatic rings. The summed E-state index contributed by atoms with van der Waals surface area (Å²) in [5.41, 5.74) is 0. The van der Waals surface area contributed by atoms with Crippen molar-refractivity contribution in [3.8, 4) is 23.0 Å². The second kappa shape index (κ2) is 41.6. The summed E-state index contributed by atoms with van der Waals surface area (Å²) < 4.78 is 93.7. The zero-order valence-electron chi connectivity index (χ0n) is 40.7. The van der Waals surface area contributed by atoms with Gasteiger partial charge in [-0.05, 0) is 72.8 Å². The van der Waals surface area contributed by atoms with E-state index in [4.69, 9.17) is 205 Å². The van der Waals surface area contributed by atoms with Gasteiger partial charge in [-0.15, -0.1) is 186 Å². The quantitative estimate of drug-likeness (QED) is 0.0396. The third kappa shape index (κ3) is 28.7. The Kier molecular flexibility index (Phi) is 41.8. The molecule has 0 fully saturated rings. The van der Waals surface area contributed by atoms with Crippen molar-refractivity contribution < 1.29 is 65.3 Å². The van der Waals surface area contributed by atoms with Crippen molar-refractivity contribution in [1.29, 1.82) is 0 Å². The van der Waals surface area contributed by atoms with E-state index < -0.39 is 74.8 Å². The summed E-state index contributed by atoms with van der Waals surface area (Å²) in [7, 11) is -6.82. The van der Waals surface area contributed by atoms with E-state index in [2.05, 4.69) is 0 Å². The molecule has 0 heterocycles. The van der Waals surface area contributed by atoms with Gasteiger partial charge in [0.05, 0.1) is 38.2 Å². The van der Waals surface area contributed by atoms with Crippen LogP contribution in [0.5, 0.6) is 23.0 Å². The Morgan fingerprint density at radius 2 is 0.456 bits per heavy atom. The molecule has 31 heteroatoms. The topological polar surface area (TPSA) is 151 Å². The van der Waals surface area contributed by atoms with E-state index in [1.807, 2.05) is 97.1 Å². The summed E-state index contributed by atoms with van der Waals surface area (Å²) in [6, 6.07) is 42.4. The minimum Gasteiger partial charge on any atom is -0.744 e. The van der Waals surface area contributed by atoms with Gasteiger partial charge in [-0.3, -0.25) is 0 Å². The number of hydrogen-bond donors (Lipinski definition) is 0. The molecule has 6 aromatic rings. The van der Waals surface area contributed by atoms with Gasteiger partial charge in [0.1, 0.15) is 107 Å². The molecule has 0 aromatic heterocycles. The van der Waals surface area contributed by atoms with Gasteiger partial charge in [0.25, 0.3) is 0 Å². The largest absolute Gasteiger partial charge is 2.00 e.